The van der Waals surface area contributed by atoms with Gasteiger partial charge in [-0.05, 0) is 25.1 Å². The number of benzene rings is 2. The van der Waals surface area contributed by atoms with Crippen molar-refractivity contribution in [1.29, 1.82) is 0 Å². The number of methoxy groups -OCH3 is 2. The fraction of sp³-hybridized carbons (Fsp3) is 0.464. The molecule has 2 fully saturated rings. The molecular formula is C28H32O16. The van der Waals surface area contributed by atoms with Crippen LogP contribution in [0, 0.1) is 0 Å². The SMILES string of the molecule is COc1cc(O)c2c(=O)c(OC3OC(OC)C(OC4OC(C)C(O)C(O)C4O)C(O)C3O)c(-c3ccc(O)c(O)c3)oc2c1. The minimum atomic E-state index is -1.94. The number of ether oxygens (including phenoxy) is 6. The van der Waals surface area contributed by atoms with E-state index in [0.29, 0.717) is 0 Å². The van der Waals surface area contributed by atoms with Crippen molar-refractivity contribution in [2.24, 2.45) is 0 Å². The number of hydrogen-bond donors (Lipinski definition) is 8. The van der Waals surface area contributed by atoms with E-state index in [4.69, 9.17) is 32.8 Å². The van der Waals surface area contributed by atoms with Gasteiger partial charge in [0.15, 0.2) is 29.8 Å². The molecule has 10 atom stereocenters. The summed E-state index contributed by atoms with van der Waals surface area (Å²) >= 11 is 0. The third-order valence-electron chi connectivity index (χ3n) is 7.45. The van der Waals surface area contributed by atoms with Gasteiger partial charge in [0, 0.05) is 24.8 Å². The second-order valence-electron chi connectivity index (χ2n) is 10.3. The van der Waals surface area contributed by atoms with Crippen LogP contribution in [0.5, 0.6) is 28.7 Å². The van der Waals surface area contributed by atoms with Crippen LogP contribution in [-0.4, -0.2) is 117 Å². The van der Waals surface area contributed by atoms with Gasteiger partial charge in [-0.25, -0.2) is 0 Å². The lowest BCUT2D eigenvalue weighted by atomic mass is 9.99. The molecule has 2 aromatic carbocycles. The van der Waals surface area contributed by atoms with Crippen molar-refractivity contribution in [2.75, 3.05) is 14.2 Å². The summed E-state index contributed by atoms with van der Waals surface area (Å²) in [6, 6.07) is 5.97. The van der Waals surface area contributed by atoms with E-state index in [9.17, 15) is 45.6 Å². The molecule has 2 saturated heterocycles. The molecule has 44 heavy (non-hydrogen) atoms. The van der Waals surface area contributed by atoms with Crippen molar-refractivity contribution in [3.8, 4) is 40.1 Å². The number of aromatic hydroxyl groups is 3. The fourth-order valence-electron chi connectivity index (χ4n) is 4.97. The molecule has 0 saturated carbocycles. The minimum Gasteiger partial charge on any atom is -0.507 e. The number of rotatable bonds is 7. The van der Waals surface area contributed by atoms with Crippen LogP contribution in [0.15, 0.2) is 39.5 Å². The highest BCUT2D eigenvalue weighted by Crippen LogP contribution is 2.40. The van der Waals surface area contributed by atoms with E-state index in [-0.39, 0.29) is 28.0 Å². The summed E-state index contributed by atoms with van der Waals surface area (Å²) in [5, 5.41) is 82.5. The highest BCUT2D eigenvalue weighted by atomic mass is 16.8. The number of hydrogen-bond acceptors (Lipinski definition) is 16. The zero-order chi connectivity index (χ0) is 32.0. The maximum absolute atomic E-state index is 13.7. The summed E-state index contributed by atoms with van der Waals surface area (Å²) in [6.07, 6.45) is -16.0. The van der Waals surface area contributed by atoms with Crippen LogP contribution in [0.25, 0.3) is 22.3 Å². The van der Waals surface area contributed by atoms with E-state index < -0.39 is 90.0 Å². The van der Waals surface area contributed by atoms with Gasteiger partial charge in [0.05, 0.1) is 13.2 Å². The second-order valence-corrected chi connectivity index (χ2v) is 10.3. The Balaban J connectivity index is 1.51. The van der Waals surface area contributed by atoms with Crippen molar-refractivity contribution in [3.05, 3.63) is 40.6 Å². The van der Waals surface area contributed by atoms with Crippen LogP contribution in [0.3, 0.4) is 0 Å². The van der Waals surface area contributed by atoms with E-state index in [1.54, 1.807) is 0 Å². The van der Waals surface area contributed by atoms with Gasteiger partial charge < -0.3 is 73.7 Å². The monoisotopic (exact) mass is 624 g/mol. The number of aliphatic hydroxyl groups is 5. The summed E-state index contributed by atoms with van der Waals surface area (Å²) in [5.74, 6) is -2.34. The molecule has 0 amide bonds. The van der Waals surface area contributed by atoms with Gasteiger partial charge in [-0.15, -0.1) is 0 Å². The Hall–Kier alpha value is -3.71. The maximum atomic E-state index is 13.7. The first-order chi connectivity index (χ1) is 20.9. The van der Waals surface area contributed by atoms with E-state index in [1.807, 2.05) is 0 Å². The molecule has 10 unspecified atom stereocenters. The van der Waals surface area contributed by atoms with Crippen molar-refractivity contribution >= 4 is 11.0 Å². The van der Waals surface area contributed by atoms with Crippen molar-refractivity contribution < 1.29 is 73.7 Å². The van der Waals surface area contributed by atoms with Gasteiger partial charge in [-0.1, -0.05) is 0 Å². The standard InChI is InChI=1S/C28H32O16/c1-9-17(32)19(34)21(36)26(40-9)43-25-20(35)22(37)27(44-28(25)39-3)42-24-18(33)16-14(31)7-11(38-2)8-15(16)41-23(24)10-4-5-12(29)13(30)6-10/h4-9,17,19-22,25-32,34-37H,1-3H3. The van der Waals surface area contributed by atoms with E-state index in [2.05, 4.69) is 0 Å². The molecular weight excluding hydrogens is 592 g/mol. The Morgan fingerprint density at radius 1 is 0.750 bits per heavy atom. The Kier molecular flexibility index (Phi) is 8.90. The molecule has 0 radical (unpaired) electrons. The van der Waals surface area contributed by atoms with E-state index in [0.717, 1.165) is 18.2 Å². The first-order valence-corrected chi connectivity index (χ1v) is 13.3. The summed E-state index contributed by atoms with van der Waals surface area (Å²) in [4.78, 5) is 13.7. The van der Waals surface area contributed by atoms with E-state index in [1.165, 1.54) is 33.3 Å². The molecule has 0 spiro atoms. The number of aliphatic hydroxyl groups excluding tert-OH is 5. The molecule has 3 heterocycles. The molecule has 8 N–H and O–H groups in total. The third-order valence-corrected chi connectivity index (χ3v) is 7.45. The number of phenolic OH excluding ortho intramolecular Hbond substituents is 3. The molecule has 16 nitrogen and oxygen atoms in total. The van der Waals surface area contributed by atoms with E-state index >= 15 is 0 Å². The predicted octanol–water partition coefficient (Wildman–Crippen LogP) is -0.772. The molecule has 5 rings (SSSR count). The Morgan fingerprint density at radius 3 is 2.11 bits per heavy atom. The zero-order valence-corrected chi connectivity index (χ0v) is 23.5. The number of phenols is 3. The third kappa shape index (κ3) is 5.63. The summed E-state index contributed by atoms with van der Waals surface area (Å²) in [6.45, 7) is 1.42. The average Bonchev–Trinajstić information content (AvgIpc) is 3.00. The fourth-order valence-corrected chi connectivity index (χ4v) is 4.97. The molecule has 2 aliphatic rings. The van der Waals surface area contributed by atoms with Crippen molar-refractivity contribution in [1.82, 2.24) is 0 Å². The van der Waals surface area contributed by atoms with Crippen LogP contribution in [0.1, 0.15) is 6.92 Å². The summed E-state index contributed by atoms with van der Waals surface area (Å²) in [5.41, 5.74) is -1.04. The topological polar surface area (TPSA) is 247 Å². The van der Waals surface area contributed by atoms with Crippen LogP contribution in [0.4, 0.5) is 0 Å². The first-order valence-electron chi connectivity index (χ1n) is 13.3. The lowest BCUT2D eigenvalue weighted by molar-refractivity contribution is -0.376. The highest BCUT2D eigenvalue weighted by molar-refractivity contribution is 5.88. The van der Waals surface area contributed by atoms with Gasteiger partial charge in [0.2, 0.25) is 17.5 Å². The molecule has 0 aliphatic carbocycles. The second kappa shape index (κ2) is 12.4. The van der Waals surface area contributed by atoms with Crippen LogP contribution in [-0.2, 0) is 18.9 Å². The van der Waals surface area contributed by atoms with Crippen LogP contribution < -0.4 is 14.9 Å². The molecule has 16 heteroatoms. The first kappa shape index (κ1) is 31.7. The Bertz CT molecular complexity index is 1550. The Morgan fingerprint density at radius 2 is 1.45 bits per heavy atom. The normalized spacial score (nSPS) is 32.5. The summed E-state index contributed by atoms with van der Waals surface area (Å²) in [7, 11) is 2.50. The van der Waals surface area contributed by atoms with Crippen LogP contribution in [0.2, 0.25) is 0 Å². The van der Waals surface area contributed by atoms with Gasteiger partial charge in [-0.3, -0.25) is 4.79 Å². The van der Waals surface area contributed by atoms with Gasteiger partial charge in [0.25, 0.3) is 0 Å². The van der Waals surface area contributed by atoms with Crippen molar-refractivity contribution in [3.63, 3.8) is 0 Å². The van der Waals surface area contributed by atoms with Gasteiger partial charge in [-0.2, -0.15) is 0 Å². The smallest absolute Gasteiger partial charge is 0.239 e. The molecule has 0 bridgehead atoms. The lowest BCUT2D eigenvalue weighted by Gasteiger charge is -2.45. The molecule has 1 aromatic heterocycles. The maximum Gasteiger partial charge on any atom is 0.239 e. The zero-order valence-electron chi connectivity index (χ0n) is 23.5. The largest absolute Gasteiger partial charge is 0.507 e. The number of fused-ring (bicyclic) bond motifs is 1. The molecule has 3 aromatic rings. The molecule has 240 valence electrons. The van der Waals surface area contributed by atoms with Gasteiger partial charge >= 0.3 is 0 Å². The lowest BCUT2D eigenvalue weighted by Crippen LogP contribution is -2.64. The highest BCUT2D eigenvalue weighted by Gasteiger charge is 2.51. The quantitative estimate of drug-likeness (QED) is 0.150. The summed E-state index contributed by atoms with van der Waals surface area (Å²) < 4.78 is 38.8. The Labute approximate surface area is 248 Å². The van der Waals surface area contributed by atoms with Crippen molar-refractivity contribution in [2.45, 2.75) is 68.5 Å². The molecule has 2 aliphatic heterocycles. The minimum absolute atomic E-state index is 0.0326. The average molecular weight is 625 g/mol. The predicted molar refractivity (Wildman–Crippen MR) is 145 cm³/mol. The van der Waals surface area contributed by atoms with Crippen LogP contribution >= 0.6 is 0 Å². The van der Waals surface area contributed by atoms with Gasteiger partial charge in [0.1, 0.15) is 59.1 Å².